The number of rotatable bonds is 4. The Labute approximate surface area is 120 Å². The Morgan fingerprint density at radius 1 is 1.35 bits per heavy atom. The monoisotopic (exact) mass is 275 g/mol. The zero-order chi connectivity index (χ0) is 14.4. The van der Waals surface area contributed by atoms with Gasteiger partial charge in [0, 0.05) is 30.1 Å². The highest BCUT2D eigenvalue weighted by Gasteiger charge is 2.20. The zero-order valence-electron chi connectivity index (χ0n) is 12.0. The van der Waals surface area contributed by atoms with Gasteiger partial charge in [0.1, 0.15) is 5.82 Å². The lowest BCUT2D eigenvalue weighted by Gasteiger charge is -2.24. The van der Waals surface area contributed by atoms with Crippen molar-refractivity contribution in [2.45, 2.75) is 44.7 Å². The van der Waals surface area contributed by atoms with Gasteiger partial charge in [0.25, 0.3) is 0 Å². The molecule has 3 heteroatoms. The Balaban J connectivity index is 2.00. The van der Waals surface area contributed by atoms with Crippen LogP contribution in [0.5, 0.6) is 0 Å². The van der Waals surface area contributed by atoms with Gasteiger partial charge in [0.05, 0.1) is 6.61 Å². The van der Waals surface area contributed by atoms with Crippen molar-refractivity contribution in [3.8, 4) is 11.8 Å². The molecule has 0 bridgehead atoms. The van der Waals surface area contributed by atoms with Crippen LogP contribution in [0.2, 0.25) is 0 Å². The van der Waals surface area contributed by atoms with Crippen LogP contribution in [-0.2, 0) is 6.54 Å². The molecule has 0 unspecified atom stereocenters. The summed E-state index contributed by atoms with van der Waals surface area (Å²) in [6.07, 6.45) is 5.45. The van der Waals surface area contributed by atoms with E-state index in [1.807, 2.05) is 12.1 Å². The maximum Gasteiger partial charge on any atom is 0.128 e. The fourth-order valence-corrected chi connectivity index (χ4v) is 2.72. The first kappa shape index (κ1) is 15.0. The largest absolute Gasteiger partial charge is 0.395 e. The first-order valence-electron chi connectivity index (χ1n) is 7.29. The second kappa shape index (κ2) is 7.42. The third kappa shape index (κ3) is 4.06. The van der Waals surface area contributed by atoms with Crippen molar-refractivity contribution in [2.24, 2.45) is 0 Å². The lowest BCUT2D eigenvalue weighted by molar-refractivity contribution is 0.234. The van der Waals surface area contributed by atoms with Gasteiger partial charge in [-0.1, -0.05) is 30.7 Å². The third-order valence-corrected chi connectivity index (χ3v) is 3.89. The minimum absolute atomic E-state index is 0.0414. The Morgan fingerprint density at radius 3 is 2.75 bits per heavy atom. The number of hydrogen-bond acceptors (Lipinski definition) is 2. The Morgan fingerprint density at radius 2 is 2.10 bits per heavy atom. The number of halogens is 1. The summed E-state index contributed by atoms with van der Waals surface area (Å²) in [5.74, 6) is 5.48. The molecule has 20 heavy (non-hydrogen) atoms. The maximum absolute atomic E-state index is 14.1. The number of nitrogens with zero attached hydrogens (tertiary/aromatic N) is 1. The van der Waals surface area contributed by atoms with E-state index in [1.54, 1.807) is 0 Å². The maximum atomic E-state index is 14.1. The van der Waals surface area contributed by atoms with Crippen LogP contribution in [0.4, 0.5) is 4.39 Å². The molecule has 0 radical (unpaired) electrons. The van der Waals surface area contributed by atoms with Crippen LogP contribution in [0, 0.1) is 17.7 Å². The zero-order valence-corrected chi connectivity index (χ0v) is 12.0. The van der Waals surface area contributed by atoms with E-state index in [1.165, 1.54) is 31.7 Å². The van der Waals surface area contributed by atoms with Gasteiger partial charge in [-0.25, -0.2) is 4.39 Å². The Bertz CT molecular complexity index is 497. The SMILES string of the molecule is CN(Cc1ccc(C#CCCO)cc1F)C1CCCC1. The molecule has 2 nitrogen and oxygen atoms in total. The van der Waals surface area contributed by atoms with Crippen molar-refractivity contribution in [1.82, 2.24) is 4.90 Å². The van der Waals surface area contributed by atoms with Gasteiger partial charge in [-0.05, 0) is 32.0 Å². The van der Waals surface area contributed by atoms with E-state index < -0.39 is 0 Å². The molecule has 0 heterocycles. The van der Waals surface area contributed by atoms with Crippen LogP contribution >= 0.6 is 0 Å². The number of hydrogen-bond donors (Lipinski definition) is 1. The lowest BCUT2D eigenvalue weighted by Crippen LogP contribution is -2.28. The lowest BCUT2D eigenvalue weighted by atomic mass is 10.1. The van der Waals surface area contributed by atoms with Gasteiger partial charge >= 0.3 is 0 Å². The third-order valence-electron chi connectivity index (χ3n) is 3.89. The molecule has 1 aromatic rings. The second-order valence-electron chi connectivity index (χ2n) is 5.43. The van der Waals surface area contributed by atoms with Crippen LogP contribution in [0.3, 0.4) is 0 Å². The minimum Gasteiger partial charge on any atom is -0.395 e. The Hall–Kier alpha value is -1.37. The number of benzene rings is 1. The molecule has 108 valence electrons. The van der Waals surface area contributed by atoms with E-state index in [9.17, 15) is 4.39 Å². The van der Waals surface area contributed by atoms with Crippen LogP contribution < -0.4 is 0 Å². The molecule has 1 fully saturated rings. The fourth-order valence-electron chi connectivity index (χ4n) is 2.72. The van der Waals surface area contributed by atoms with Crippen molar-refractivity contribution in [1.29, 1.82) is 0 Å². The van der Waals surface area contributed by atoms with E-state index in [0.717, 1.165) is 5.56 Å². The quantitative estimate of drug-likeness (QED) is 0.854. The molecule has 0 aromatic heterocycles. The molecule has 1 N–H and O–H groups in total. The minimum atomic E-state index is -0.189. The van der Waals surface area contributed by atoms with Crippen molar-refractivity contribution < 1.29 is 9.50 Å². The summed E-state index contributed by atoms with van der Waals surface area (Å²) in [5.41, 5.74) is 1.40. The molecule has 0 amide bonds. The van der Waals surface area contributed by atoms with Crippen LogP contribution in [0.25, 0.3) is 0 Å². The van der Waals surface area contributed by atoms with E-state index >= 15 is 0 Å². The van der Waals surface area contributed by atoms with Crippen molar-refractivity contribution in [3.63, 3.8) is 0 Å². The molecule has 1 saturated carbocycles. The molecular weight excluding hydrogens is 253 g/mol. The molecular formula is C17H22FNO. The van der Waals surface area contributed by atoms with Crippen LogP contribution in [0.1, 0.15) is 43.2 Å². The summed E-state index contributed by atoms with van der Waals surface area (Å²) in [6.45, 7) is 0.695. The molecule has 1 aliphatic rings. The molecule has 1 aromatic carbocycles. The summed E-state index contributed by atoms with van der Waals surface area (Å²) in [4.78, 5) is 2.25. The standard InChI is InChI=1S/C17H22FNO/c1-19(16-7-2-3-8-16)13-15-10-9-14(12-17(15)18)6-4-5-11-20/h9-10,12,16,20H,2-3,5,7-8,11,13H2,1H3. The second-order valence-corrected chi connectivity index (χ2v) is 5.43. The van der Waals surface area contributed by atoms with Gasteiger partial charge < -0.3 is 5.11 Å². The van der Waals surface area contributed by atoms with Crippen LogP contribution in [0.15, 0.2) is 18.2 Å². The van der Waals surface area contributed by atoms with Crippen LogP contribution in [-0.4, -0.2) is 29.7 Å². The number of aliphatic hydroxyl groups is 1. The summed E-state index contributed by atoms with van der Waals surface area (Å²) in [7, 11) is 2.07. The first-order valence-corrected chi connectivity index (χ1v) is 7.29. The highest BCUT2D eigenvalue weighted by atomic mass is 19.1. The fraction of sp³-hybridized carbons (Fsp3) is 0.529. The summed E-state index contributed by atoms with van der Waals surface area (Å²) in [5, 5.41) is 8.66. The first-order chi connectivity index (χ1) is 9.70. The van der Waals surface area contributed by atoms with Gasteiger partial charge in [0.15, 0.2) is 0 Å². The molecule has 0 atom stereocenters. The van der Waals surface area contributed by atoms with Crippen molar-refractivity contribution in [2.75, 3.05) is 13.7 Å². The molecule has 0 spiro atoms. The summed E-state index contributed by atoms with van der Waals surface area (Å²) >= 11 is 0. The predicted octanol–water partition coefficient (Wildman–Crippen LogP) is 2.93. The van der Waals surface area contributed by atoms with Gasteiger partial charge in [-0.3, -0.25) is 4.90 Å². The summed E-state index contributed by atoms with van der Waals surface area (Å²) in [6, 6.07) is 5.76. The topological polar surface area (TPSA) is 23.5 Å². The smallest absolute Gasteiger partial charge is 0.128 e. The average Bonchev–Trinajstić information content (AvgIpc) is 2.96. The van der Waals surface area contributed by atoms with Gasteiger partial charge in [0.2, 0.25) is 0 Å². The average molecular weight is 275 g/mol. The van der Waals surface area contributed by atoms with Gasteiger partial charge in [-0.2, -0.15) is 0 Å². The van der Waals surface area contributed by atoms with Crippen molar-refractivity contribution in [3.05, 3.63) is 35.1 Å². The molecule has 0 aliphatic heterocycles. The molecule has 1 aliphatic carbocycles. The van der Waals surface area contributed by atoms with Gasteiger partial charge in [-0.15, -0.1) is 0 Å². The highest BCUT2D eigenvalue weighted by molar-refractivity contribution is 5.37. The molecule has 0 saturated heterocycles. The Kier molecular flexibility index (Phi) is 5.58. The molecule has 2 rings (SSSR count). The predicted molar refractivity (Wildman–Crippen MR) is 78.7 cm³/mol. The van der Waals surface area contributed by atoms with E-state index in [-0.39, 0.29) is 12.4 Å². The van der Waals surface area contributed by atoms with E-state index in [0.29, 0.717) is 24.6 Å². The van der Waals surface area contributed by atoms with E-state index in [2.05, 4.69) is 23.8 Å². The summed E-state index contributed by atoms with van der Waals surface area (Å²) < 4.78 is 14.1. The van der Waals surface area contributed by atoms with E-state index in [4.69, 9.17) is 5.11 Å². The number of aliphatic hydroxyl groups excluding tert-OH is 1. The van der Waals surface area contributed by atoms with Crippen molar-refractivity contribution >= 4 is 0 Å². The highest BCUT2D eigenvalue weighted by Crippen LogP contribution is 2.24. The normalized spacial score (nSPS) is 15.4.